The topological polar surface area (TPSA) is 20.2 Å². The van der Waals surface area contributed by atoms with Crippen LogP contribution in [0.1, 0.15) is 18.9 Å². The summed E-state index contributed by atoms with van der Waals surface area (Å²) in [4.78, 5) is 0. The van der Waals surface area contributed by atoms with E-state index in [1.807, 2.05) is 6.92 Å². The van der Waals surface area contributed by atoms with Gasteiger partial charge in [-0.3, -0.25) is 0 Å². The van der Waals surface area contributed by atoms with E-state index in [4.69, 9.17) is 11.6 Å². The van der Waals surface area contributed by atoms with Gasteiger partial charge in [0.1, 0.15) is 5.82 Å². The molecule has 0 bridgehead atoms. The zero-order chi connectivity index (χ0) is 9.84. The Balaban J connectivity index is 2.73. The zero-order valence-corrected chi connectivity index (χ0v) is 8.18. The van der Waals surface area contributed by atoms with E-state index in [2.05, 4.69) is 0 Å². The van der Waals surface area contributed by atoms with Gasteiger partial charge in [0.05, 0.1) is 11.1 Å². The summed E-state index contributed by atoms with van der Waals surface area (Å²) >= 11 is 5.58. The van der Waals surface area contributed by atoms with Crippen molar-refractivity contribution in [3.8, 4) is 0 Å². The van der Waals surface area contributed by atoms with Crippen molar-refractivity contribution in [3.05, 3.63) is 34.6 Å². The fourth-order valence-corrected chi connectivity index (χ4v) is 1.29. The third-order valence-corrected chi connectivity index (χ3v) is 2.22. The van der Waals surface area contributed by atoms with Crippen LogP contribution in [0.3, 0.4) is 0 Å². The van der Waals surface area contributed by atoms with Crippen LogP contribution in [0.5, 0.6) is 0 Å². The SMILES string of the molecule is CC[C@H](O)Cc1ccc(F)c(Cl)c1. The average Bonchev–Trinajstić information content (AvgIpc) is 2.11. The Hall–Kier alpha value is -0.600. The fraction of sp³-hybridized carbons (Fsp3) is 0.400. The molecule has 1 aromatic rings. The monoisotopic (exact) mass is 202 g/mol. The molecular weight excluding hydrogens is 191 g/mol. The largest absolute Gasteiger partial charge is 0.393 e. The molecule has 1 aromatic carbocycles. The second kappa shape index (κ2) is 4.58. The minimum Gasteiger partial charge on any atom is -0.393 e. The predicted molar refractivity (Wildman–Crippen MR) is 51.4 cm³/mol. The lowest BCUT2D eigenvalue weighted by Gasteiger charge is -2.07. The molecule has 1 atom stereocenters. The number of hydrogen-bond acceptors (Lipinski definition) is 1. The van der Waals surface area contributed by atoms with Crippen molar-refractivity contribution in [1.82, 2.24) is 0 Å². The van der Waals surface area contributed by atoms with Crippen molar-refractivity contribution < 1.29 is 9.50 Å². The number of hydrogen-bond donors (Lipinski definition) is 1. The predicted octanol–water partition coefficient (Wildman–Crippen LogP) is 2.79. The van der Waals surface area contributed by atoms with Crippen LogP contribution in [0.4, 0.5) is 4.39 Å². The maximum absolute atomic E-state index is 12.7. The van der Waals surface area contributed by atoms with Gasteiger partial charge in [-0.15, -0.1) is 0 Å². The Bertz CT molecular complexity index is 288. The summed E-state index contributed by atoms with van der Waals surface area (Å²) in [6.07, 6.45) is 0.840. The Labute approximate surface area is 82.2 Å². The van der Waals surface area contributed by atoms with Crippen LogP contribution in [0.2, 0.25) is 5.02 Å². The van der Waals surface area contributed by atoms with Gasteiger partial charge >= 0.3 is 0 Å². The molecule has 0 aliphatic rings. The van der Waals surface area contributed by atoms with Crippen molar-refractivity contribution in [3.63, 3.8) is 0 Å². The molecule has 0 aliphatic carbocycles. The van der Waals surface area contributed by atoms with E-state index in [1.54, 1.807) is 12.1 Å². The highest BCUT2D eigenvalue weighted by Crippen LogP contribution is 2.17. The third-order valence-electron chi connectivity index (χ3n) is 1.93. The Morgan fingerprint density at radius 3 is 2.77 bits per heavy atom. The van der Waals surface area contributed by atoms with Crippen LogP contribution < -0.4 is 0 Å². The highest BCUT2D eigenvalue weighted by atomic mass is 35.5. The van der Waals surface area contributed by atoms with Gasteiger partial charge in [-0.25, -0.2) is 4.39 Å². The van der Waals surface area contributed by atoms with Crippen LogP contribution in [-0.2, 0) is 6.42 Å². The molecule has 72 valence electrons. The number of halogens is 2. The van der Waals surface area contributed by atoms with Gasteiger partial charge in [0.2, 0.25) is 0 Å². The highest BCUT2D eigenvalue weighted by molar-refractivity contribution is 6.30. The number of rotatable bonds is 3. The van der Waals surface area contributed by atoms with Gasteiger partial charge in [0.15, 0.2) is 0 Å². The van der Waals surface area contributed by atoms with E-state index in [1.165, 1.54) is 6.07 Å². The standard InChI is InChI=1S/C10H12ClFO/c1-2-8(13)5-7-3-4-10(12)9(11)6-7/h3-4,6,8,13H,2,5H2,1H3/t8-/m0/s1. The van der Waals surface area contributed by atoms with Gasteiger partial charge in [-0.1, -0.05) is 24.6 Å². The molecule has 0 aromatic heterocycles. The first-order chi connectivity index (χ1) is 6.13. The first-order valence-corrected chi connectivity index (χ1v) is 4.63. The third kappa shape index (κ3) is 2.98. The van der Waals surface area contributed by atoms with Crippen LogP contribution in [0.15, 0.2) is 18.2 Å². The summed E-state index contributed by atoms with van der Waals surface area (Å²) in [5, 5.41) is 9.45. The molecule has 0 aliphatic heterocycles. The summed E-state index contributed by atoms with van der Waals surface area (Å²) in [6.45, 7) is 1.90. The maximum Gasteiger partial charge on any atom is 0.141 e. The molecule has 1 nitrogen and oxygen atoms in total. The molecule has 1 rings (SSSR count). The molecule has 0 amide bonds. The van der Waals surface area contributed by atoms with Crippen molar-refractivity contribution in [2.24, 2.45) is 0 Å². The number of aliphatic hydroxyl groups excluding tert-OH is 1. The minimum atomic E-state index is -0.420. The van der Waals surface area contributed by atoms with Crippen molar-refractivity contribution in [1.29, 1.82) is 0 Å². The van der Waals surface area contributed by atoms with Gasteiger partial charge in [0, 0.05) is 0 Å². The van der Waals surface area contributed by atoms with Crippen molar-refractivity contribution >= 4 is 11.6 Å². The van der Waals surface area contributed by atoms with E-state index in [0.29, 0.717) is 12.8 Å². The van der Waals surface area contributed by atoms with E-state index in [9.17, 15) is 9.50 Å². The molecule has 0 saturated heterocycles. The first kappa shape index (κ1) is 10.5. The molecule has 3 heteroatoms. The average molecular weight is 203 g/mol. The summed E-state index contributed by atoms with van der Waals surface area (Å²) in [6, 6.07) is 4.51. The van der Waals surface area contributed by atoms with E-state index < -0.39 is 5.82 Å². The molecule has 0 saturated carbocycles. The maximum atomic E-state index is 12.7. The lowest BCUT2D eigenvalue weighted by atomic mass is 10.1. The van der Waals surface area contributed by atoms with E-state index >= 15 is 0 Å². The van der Waals surface area contributed by atoms with Crippen molar-refractivity contribution in [2.75, 3.05) is 0 Å². The van der Waals surface area contributed by atoms with Crippen LogP contribution in [0.25, 0.3) is 0 Å². The highest BCUT2D eigenvalue weighted by Gasteiger charge is 2.05. The minimum absolute atomic E-state index is 0.112. The van der Waals surface area contributed by atoms with Gasteiger partial charge in [-0.05, 0) is 30.5 Å². The summed E-state index contributed by atoms with van der Waals surface area (Å²) < 4.78 is 12.7. The zero-order valence-electron chi connectivity index (χ0n) is 7.43. The van der Waals surface area contributed by atoms with Crippen LogP contribution >= 0.6 is 11.6 Å². The van der Waals surface area contributed by atoms with E-state index in [-0.39, 0.29) is 11.1 Å². The molecule has 0 unspecified atom stereocenters. The molecule has 1 N–H and O–H groups in total. The van der Waals surface area contributed by atoms with Gasteiger partial charge < -0.3 is 5.11 Å². The molecular formula is C10H12ClFO. The second-order valence-electron chi connectivity index (χ2n) is 3.01. The van der Waals surface area contributed by atoms with Gasteiger partial charge in [-0.2, -0.15) is 0 Å². The smallest absolute Gasteiger partial charge is 0.141 e. The molecule has 0 radical (unpaired) electrons. The normalized spacial score (nSPS) is 12.9. The summed E-state index contributed by atoms with van der Waals surface area (Å²) in [5.41, 5.74) is 0.862. The molecule has 0 heterocycles. The lowest BCUT2D eigenvalue weighted by molar-refractivity contribution is 0.171. The first-order valence-electron chi connectivity index (χ1n) is 4.25. The second-order valence-corrected chi connectivity index (χ2v) is 3.42. The Morgan fingerprint density at radius 1 is 1.54 bits per heavy atom. The van der Waals surface area contributed by atoms with Gasteiger partial charge in [0.25, 0.3) is 0 Å². The Kier molecular flexibility index (Phi) is 3.70. The van der Waals surface area contributed by atoms with E-state index in [0.717, 1.165) is 5.56 Å². The van der Waals surface area contributed by atoms with Crippen LogP contribution in [-0.4, -0.2) is 11.2 Å². The lowest BCUT2D eigenvalue weighted by Crippen LogP contribution is -2.08. The number of benzene rings is 1. The molecule has 0 spiro atoms. The fourth-order valence-electron chi connectivity index (χ4n) is 1.08. The van der Waals surface area contributed by atoms with Crippen LogP contribution in [0, 0.1) is 5.82 Å². The summed E-state index contributed by atoms with van der Waals surface area (Å²) in [7, 11) is 0. The summed E-state index contributed by atoms with van der Waals surface area (Å²) in [5.74, 6) is -0.420. The number of aliphatic hydroxyl groups is 1. The van der Waals surface area contributed by atoms with Crippen molar-refractivity contribution in [2.45, 2.75) is 25.9 Å². The molecule has 0 fully saturated rings. The Morgan fingerprint density at radius 2 is 2.23 bits per heavy atom. The molecule has 13 heavy (non-hydrogen) atoms. The quantitative estimate of drug-likeness (QED) is 0.799.